The Balaban J connectivity index is 2.44. The number of hydrogen-bond acceptors (Lipinski definition) is 4. The highest BCUT2D eigenvalue weighted by molar-refractivity contribution is 5.53. The number of halogens is 2. The van der Waals surface area contributed by atoms with Crippen LogP contribution in [0.25, 0.3) is 0 Å². The summed E-state index contributed by atoms with van der Waals surface area (Å²) >= 11 is 0. The quantitative estimate of drug-likeness (QED) is 0.729. The number of benzene rings is 1. The SMILES string of the molecule is COCCN(C)CCNc1c(F)cc(N)cc1F. The molecule has 0 atom stereocenters. The molecule has 1 aromatic carbocycles. The summed E-state index contributed by atoms with van der Waals surface area (Å²) in [6.45, 7) is 2.50. The predicted molar refractivity (Wildman–Crippen MR) is 68.6 cm³/mol. The minimum absolute atomic E-state index is 0.0766. The van der Waals surface area contributed by atoms with E-state index in [0.29, 0.717) is 19.7 Å². The number of anilines is 2. The van der Waals surface area contributed by atoms with Crippen molar-refractivity contribution >= 4 is 11.4 Å². The Morgan fingerprint density at radius 2 is 1.89 bits per heavy atom. The smallest absolute Gasteiger partial charge is 0.151 e. The van der Waals surface area contributed by atoms with Crippen molar-refractivity contribution in [3.8, 4) is 0 Å². The van der Waals surface area contributed by atoms with Gasteiger partial charge in [-0.3, -0.25) is 0 Å². The van der Waals surface area contributed by atoms with Gasteiger partial charge in [0.25, 0.3) is 0 Å². The van der Waals surface area contributed by atoms with Crippen molar-refractivity contribution in [3.63, 3.8) is 0 Å². The molecule has 0 unspecified atom stereocenters. The van der Waals surface area contributed by atoms with Gasteiger partial charge in [-0.1, -0.05) is 0 Å². The van der Waals surface area contributed by atoms with Gasteiger partial charge in [-0.15, -0.1) is 0 Å². The highest BCUT2D eigenvalue weighted by Gasteiger charge is 2.09. The van der Waals surface area contributed by atoms with Crippen LogP contribution in [-0.2, 0) is 4.74 Å². The molecule has 0 radical (unpaired) electrons. The summed E-state index contributed by atoms with van der Waals surface area (Å²) in [4.78, 5) is 2.00. The van der Waals surface area contributed by atoms with Crippen LogP contribution < -0.4 is 11.1 Å². The van der Waals surface area contributed by atoms with E-state index in [2.05, 4.69) is 5.32 Å². The lowest BCUT2D eigenvalue weighted by atomic mass is 10.2. The Morgan fingerprint density at radius 3 is 2.44 bits per heavy atom. The number of nitrogens with two attached hydrogens (primary N) is 1. The summed E-state index contributed by atoms with van der Waals surface area (Å²) in [5, 5.41) is 2.73. The van der Waals surface area contributed by atoms with E-state index < -0.39 is 11.6 Å². The first kappa shape index (κ1) is 14.7. The third-order valence-electron chi connectivity index (χ3n) is 2.54. The number of ether oxygens (including phenoxy) is 1. The van der Waals surface area contributed by atoms with Crippen molar-refractivity contribution in [2.45, 2.75) is 0 Å². The molecule has 0 amide bonds. The third-order valence-corrected chi connectivity index (χ3v) is 2.54. The van der Waals surface area contributed by atoms with Crippen molar-refractivity contribution in [3.05, 3.63) is 23.8 Å². The topological polar surface area (TPSA) is 50.5 Å². The van der Waals surface area contributed by atoms with E-state index in [1.54, 1.807) is 7.11 Å². The Labute approximate surface area is 106 Å². The van der Waals surface area contributed by atoms with Gasteiger partial charge in [0.05, 0.1) is 6.61 Å². The zero-order valence-corrected chi connectivity index (χ0v) is 10.7. The molecule has 0 saturated heterocycles. The maximum Gasteiger partial charge on any atom is 0.151 e. The van der Waals surface area contributed by atoms with Crippen molar-refractivity contribution in [1.29, 1.82) is 0 Å². The van der Waals surface area contributed by atoms with E-state index in [0.717, 1.165) is 18.7 Å². The van der Waals surface area contributed by atoms with E-state index in [1.165, 1.54) is 0 Å². The first-order chi connectivity index (χ1) is 8.54. The van der Waals surface area contributed by atoms with E-state index in [4.69, 9.17) is 10.5 Å². The van der Waals surface area contributed by atoms with Crippen LogP contribution in [0.1, 0.15) is 0 Å². The molecule has 0 aliphatic carbocycles. The molecule has 0 saturated carbocycles. The second kappa shape index (κ2) is 7.13. The molecule has 4 nitrogen and oxygen atoms in total. The zero-order valence-electron chi connectivity index (χ0n) is 10.7. The summed E-state index contributed by atoms with van der Waals surface area (Å²) in [6, 6.07) is 2.19. The summed E-state index contributed by atoms with van der Waals surface area (Å²) in [5.41, 5.74) is 5.27. The van der Waals surface area contributed by atoms with Gasteiger partial charge in [0.1, 0.15) is 5.69 Å². The van der Waals surface area contributed by atoms with Gasteiger partial charge in [-0.2, -0.15) is 0 Å². The number of rotatable bonds is 7. The lowest BCUT2D eigenvalue weighted by molar-refractivity contribution is 0.163. The van der Waals surface area contributed by atoms with E-state index in [9.17, 15) is 8.78 Å². The van der Waals surface area contributed by atoms with Gasteiger partial charge in [-0.05, 0) is 19.2 Å². The molecular formula is C12H19F2N3O. The maximum atomic E-state index is 13.4. The predicted octanol–water partition coefficient (Wildman–Crippen LogP) is 1.54. The molecule has 18 heavy (non-hydrogen) atoms. The summed E-state index contributed by atoms with van der Waals surface area (Å²) < 4.78 is 31.8. The van der Waals surface area contributed by atoms with Gasteiger partial charge >= 0.3 is 0 Å². The lowest BCUT2D eigenvalue weighted by Gasteiger charge is -2.17. The van der Waals surface area contributed by atoms with Crippen molar-refractivity contribution in [1.82, 2.24) is 4.90 Å². The van der Waals surface area contributed by atoms with Crippen LogP contribution in [-0.4, -0.2) is 45.3 Å². The monoisotopic (exact) mass is 259 g/mol. The van der Waals surface area contributed by atoms with Crippen LogP contribution in [0.4, 0.5) is 20.2 Å². The molecular weight excluding hydrogens is 240 g/mol. The number of nitrogens with zero attached hydrogens (tertiary/aromatic N) is 1. The molecule has 0 heterocycles. The van der Waals surface area contributed by atoms with Crippen LogP contribution in [0.15, 0.2) is 12.1 Å². The van der Waals surface area contributed by atoms with Crippen LogP contribution in [0.3, 0.4) is 0 Å². The minimum Gasteiger partial charge on any atom is -0.399 e. The summed E-state index contributed by atoms with van der Waals surface area (Å²) in [6.07, 6.45) is 0. The van der Waals surface area contributed by atoms with Crippen molar-refractivity contribution < 1.29 is 13.5 Å². The number of methoxy groups -OCH3 is 1. The molecule has 0 aliphatic rings. The molecule has 0 bridgehead atoms. The highest BCUT2D eigenvalue weighted by atomic mass is 19.1. The van der Waals surface area contributed by atoms with Gasteiger partial charge in [-0.25, -0.2) is 8.78 Å². The fourth-order valence-corrected chi connectivity index (χ4v) is 1.49. The number of nitrogens with one attached hydrogen (secondary N) is 1. The molecule has 1 aromatic rings. The maximum absolute atomic E-state index is 13.4. The van der Waals surface area contributed by atoms with Crippen molar-refractivity contribution in [2.75, 3.05) is 51.4 Å². The minimum atomic E-state index is -0.674. The second-order valence-corrected chi connectivity index (χ2v) is 4.08. The summed E-state index contributed by atoms with van der Waals surface area (Å²) in [7, 11) is 3.54. The van der Waals surface area contributed by atoms with E-state index in [-0.39, 0.29) is 11.4 Å². The Kier molecular flexibility index (Phi) is 5.80. The lowest BCUT2D eigenvalue weighted by Crippen LogP contribution is -2.28. The molecule has 0 spiro atoms. The standard InChI is InChI=1S/C12H19F2N3O/c1-17(5-6-18-2)4-3-16-12-10(13)7-9(15)8-11(12)14/h7-8,16H,3-6,15H2,1-2H3. The van der Waals surface area contributed by atoms with Crippen LogP contribution in [0, 0.1) is 11.6 Å². The zero-order chi connectivity index (χ0) is 13.5. The number of likely N-dealkylation sites (N-methyl/N-ethyl adjacent to an activating group) is 1. The largest absolute Gasteiger partial charge is 0.399 e. The highest BCUT2D eigenvalue weighted by Crippen LogP contribution is 2.21. The van der Waals surface area contributed by atoms with E-state index >= 15 is 0 Å². The van der Waals surface area contributed by atoms with Gasteiger partial charge in [0.2, 0.25) is 0 Å². The van der Waals surface area contributed by atoms with Crippen LogP contribution in [0.2, 0.25) is 0 Å². The fraction of sp³-hybridized carbons (Fsp3) is 0.500. The average Bonchev–Trinajstić information content (AvgIpc) is 2.29. The van der Waals surface area contributed by atoms with Gasteiger partial charge in [0.15, 0.2) is 11.6 Å². The third kappa shape index (κ3) is 4.46. The van der Waals surface area contributed by atoms with Crippen LogP contribution >= 0.6 is 0 Å². The Morgan fingerprint density at radius 1 is 1.28 bits per heavy atom. The Hall–Kier alpha value is -1.40. The number of nitrogen functional groups attached to an aromatic ring is 1. The second-order valence-electron chi connectivity index (χ2n) is 4.08. The van der Waals surface area contributed by atoms with Gasteiger partial charge in [0, 0.05) is 32.4 Å². The Bertz CT molecular complexity index is 365. The van der Waals surface area contributed by atoms with Crippen LogP contribution in [0.5, 0.6) is 0 Å². The molecule has 0 fully saturated rings. The molecule has 6 heteroatoms. The fourth-order valence-electron chi connectivity index (χ4n) is 1.49. The first-order valence-corrected chi connectivity index (χ1v) is 5.70. The number of hydrogen-bond donors (Lipinski definition) is 2. The molecule has 102 valence electrons. The van der Waals surface area contributed by atoms with Gasteiger partial charge < -0.3 is 20.7 Å². The average molecular weight is 259 g/mol. The first-order valence-electron chi connectivity index (χ1n) is 5.70. The molecule has 0 aliphatic heterocycles. The normalized spacial score (nSPS) is 10.9. The summed E-state index contributed by atoms with van der Waals surface area (Å²) in [5.74, 6) is -1.35. The molecule has 1 rings (SSSR count). The van der Waals surface area contributed by atoms with E-state index in [1.807, 2.05) is 11.9 Å². The van der Waals surface area contributed by atoms with Crippen molar-refractivity contribution in [2.24, 2.45) is 0 Å². The molecule has 0 aromatic heterocycles. The molecule has 3 N–H and O–H groups in total.